The number of para-hydroxylation sites is 2. The van der Waals surface area contributed by atoms with Crippen LogP contribution in [-0.2, 0) is 4.79 Å². The maximum Gasteiger partial charge on any atom is 0.490 e. The SMILES string of the molecule is CC(S)S.COc1ccccc1.O=C(O)C(F)(F)F.Oc1ccccc1. The first-order chi connectivity index (χ1) is 12.0. The Morgan fingerprint density at radius 3 is 1.46 bits per heavy atom. The molecule has 4 nitrogen and oxygen atoms in total. The molecule has 2 N–H and O–H groups in total. The Balaban J connectivity index is 0. The second kappa shape index (κ2) is 15.3. The lowest BCUT2D eigenvalue weighted by molar-refractivity contribution is -0.192. The molecule has 0 fully saturated rings. The summed E-state index contributed by atoms with van der Waals surface area (Å²) in [7, 11) is 1.66. The molecule has 0 heterocycles. The van der Waals surface area contributed by atoms with Crippen LogP contribution in [0.15, 0.2) is 60.7 Å². The molecule has 0 saturated carbocycles. The quantitative estimate of drug-likeness (QED) is 0.398. The van der Waals surface area contributed by atoms with E-state index in [1.165, 1.54) is 0 Å². The predicted octanol–water partition coefficient (Wildman–Crippen LogP) is 4.91. The van der Waals surface area contributed by atoms with Gasteiger partial charge in [-0.1, -0.05) is 36.4 Å². The number of hydrogen-bond acceptors (Lipinski definition) is 5. The van der Waals surface area contributed by atoms with Crippen molar-refractivity contribution >= 4 is 31.2 Å². The van der Waals surface area contributed by atoms with Crippen LogP contribution in [0.1, 0.15) is 6.92 Å². The van der Waals surface area contributed by atoms with Gasteiger partial charge >= 0.3 is 12.1 Å². The van der Waals surface area contributed by atoms with Gasteiger partial charge in [-0.15, -0.1) is 0 Å². The van der Waals surface area contributed by atoms with Gasteiger partial charge in [0.15, 0.2) is 0 Å². The van der Waals surface area contributed by atoms with Crippen molar-refractivity contribution in [3.63, 3.8) is 0 Å². The smallest absolute Gasteiger partial charge is 0.490 e. The van der Waals surface area contributed by atoms with E-state index in [-0.39, 0.29) is 4.58 Å². The van der Waals surface area contributed by atoms with E-state index in [0.717, 1.165) is 5.75 Å². The van der Waals surface area contributed by atoms with Crippen molar-refractivity contribution in [1.82, 2.24) is 0 Å². The van der Waals surface area contributed by atoms with Crippen LogP contribution in [0.25, 0.3) is 0 Å². The molecule has 0 amide bonds. The molecule has 0 aliphatic rings. The molecule has 0 saturated heterocycles. The first kappa shape index (κ1) is 26.2. The zero-order valence-electron chi connectivity index (χ0n) is 14.1. The van der Waals surface area contributed by atoms with Gasteiger partial charge in [-0.05, 0) is 31.2 Å². The number of hydrogen-bond donors (Lipinski definition) is 4. The largest absolute Gasteiger partial charge is 0.508 e. The van der Waals surface area contributed by atoms with Gasteiger partial charge in [0, 0.05) is 4.58 Å². The number of phenolic OH excluding ortho intramolecular Hbond substituents is 1. The minimum atomic E-state index is -5.08. The summed E-state index contributed by atoms with van der Waals surface area (Å²) < 4.78 is 36.9. The lowest BCUT2D eigenvalue weighted by Gasteiger charge is -1.93. The van der Waals surface area contributed by atoms with Crippen molar-refractivity contribution in [2.75, 3.05) is 7.11 Å². The number of aromatic hydroxyl groups is 1. The summed E-state index contributed by atoms with van der Waals surface area (Å²) in [4.78, 5) is 8.90. The van der Waals surface area contributed by atoms with Crippen LogP contribution in [0.5, 0.6) is 11.5 Å². The fourth-order valence-corrected chi connectivity index (χ4v) is 0.985. The molecule has 0 aliphatic heterocycles. The molecule has 0 radical (unpaired) electrons. The van der Waals surface area contributed by atoms with E-state index in [1.807, 2.05) is 43.3 Å². The number of carboxylic acid groups (broad SMARTS) is 1. The number of phenols is 1. The highest BCUT2D eigenvalue weighted by Gasteiger charge is 2.38. The third kappa shape index (κ3) is 20.0. The van der Waals surface area contributed by atoms with Crippen LogP contribution >= 0.6 is 25.3 Å². The molecule has 0 unspecified atom stereocenters. The average Bonchev–Trinajstić information content (AvgIpc) is 2.56. The second-order valence-electron chi connectivity index (χ2n) is 4.29. The Bertz CT molecular complexity index is 577. The summed E-state index contributed by atoms with van der Waals surface area (Å²) in [6.07, 6.45) is -5.08. The van der Waals surface area contributed by atoms with Gasteiger partial charge in [0.2, 0.25) is 0 Å². The highest BCUT2D eigenvalue weighted by molar-refractivity contribution is 7.99. The van der Waals surface area contributed by atoms with Crippen molar-refractivity contribution in [3.05, 3.63) is 60.7 Å². The number of alkyl halides is 3. The summed E-state index contributed by atoms with van der Waals surface area (Å²) in [5.41, 5.74) is 0. The number of benzene rings is 2. The number of aliphatic carboxylic acids is 1. The van der Waals surface area contributed by atoms with Gasteiger partial charge in [0.25, 0.3) is 0 Å². The Labute approximate surface area is 161 Å². The maximum atomic E-state index is 10.6. The molecule has 9 heteroatoms. The zero-order chi connectivity index (χ0) is 20.6. The maximum absolute atomic E-state index is 10.6. The third-order valence-corrected chi connectivity index (χ3v) is 1.98. The van der Waals surface area contributed by atoms with E-state index in [0.29, 0.717) is 5.75 Å². The lowest BCUT2D eigenvalue weighted by atomic mass is 10.3. The Morgan fingerprint density at radius 2 is 1.31 bits per heavy atom. The molecular weight excluding hydrogens is 389 g/mol. The van der Waals surface area contributed by atoms with Crippen LogP contribution in [0.3, 0.4) is 0 Å². The molecular formula is C17H21F3O4S2. The molecule has 0 aliphatic carbocycles. The first-order valence-electron chi connectivity index (χ1n) is 7.00. The Kier molecular flexibility index (Phi) is 15.4. The van der Waals surface area contributed by atoms with Crippen molar-refractivity contribution in [2.24, 2.45) is 0 Å². The summed E-state index contributed by atoms with van der Waals surface area (Å²) in [6, 6.07) is 18.4. The lowest BCUT2D eigenvalue weighted by Crippen LogP contribution is -2.21. The van der Waals surface area contributed by atoms with Crippen LogP contribution in [-0.4, -0.2) is 34.1 Å². The summed E-state index contributed by atoms with van der Waals surface area (Å²) >= 11 is 7.66. The minimum Gasteiger partial charge on any atom is -0.508 e. The molecule has 0 atom stereocenters. The van der Waals surface area contributed by atoms with Gasteiger partial charge in [-0.25, -0.2) is 4.79 Å². The normalized spacial score (nSPS) is 9.38. The van der Waals surface area contributed by atoms with Crippen LogP contribution in [0, 0.1) is 0 Å². The highest BCUT2D eigenvalue weighted by Crippen LogP contribution is 2.13. The monoisotopic (exact) mass is 410 g/mol. The number of rotatable bonds is 1. The van der Waals surface area contributed by atoms with E-state index in [9.17, 15) is 13.2 Å². The molecule has 26 heavy (non-hydrogen) atoms. The van der Waals surface area contributed by atoms with Crippen molar-refractivity contribution in [2.45, 2.75) is 17.7 Å². The Hall–Kier alpha value is -2.00. The van der Waals surface area contributed by atoms with E-state index in [1.54, 1.807) is 31.4 Å². The number of carbonyl (C=O) groups is 1. The number of thiol groups is 2. The van der Waals surface area contributed by atoms with E-state index >= 15 is 0 Å². The standard InChI is InChI=1S/C7H8O.C6H6O.C2HF3O2.C2H6S2/c1-8-7-5-3-2-4-6-7;7-6-4-2-1-3-5-6;3-2(4,5)1(6)7;1-2(3)4/h2-6H,1H3;1-5,7H;(H,6,7);2-4H,1H3. The Morgan fingerprint density at radius 1 is 1.00 bits per heavy atom. The van der Waals surface area contributed by atoms with E-state index in [2.05, 4.69) is 25.3 Å². The molecule has 2 aromatic rings. The summed E-state index contributed by atoms with van der Waals surface area (Å²) in [6.45, 7) is 1.90. The number of ether oxygens (including phenoxy) is 1. The first-order valence-corrected chi connectivity index (χ1v) is 8.03. The third-order valence-electron chi connectivity index (χ3n) is 1.98. The predicted molar refractivity (Wildman–Crippen MR) is 102 cm³/mol. The molecule has 0 spiro atoms. The highest BCUT2D eigenvalue weighted by atomic mass is 32.2. The average molecular weight is 410 g/mol. The van der Waals surface area contributed by atoms with E-state index < -0.39 is 12.1 Å². The van der Waals surface area contributed by atoms with Gasteiger partial charge in [-0.2, -0.15) is 38.4 Å². The summed E-state index contributed by atoms with van der Waals surface area (Å²) in [5, 5.41) is 15.8. The molecule has 146 valence electrons. The summed E-state index contributed by atoms with van der Waals surface area (Å²) in [5.74, 6) is -1.53. The molecule has 0 bridgehead atoms. The van der Waals surface area contributed by atoms with Crippen molar-refractivity contribution in [3.8, 4) is 11.5 Å². The fourth-order valence-electron chi connectivity index (χ4n) is 0.985. The van der Waals surface area contributed by atoms with Crippen molar-refractivity contribution in [1.29, 1.82) is 0 Å². The zero-order valence-corrected chi connectivity index (χ0v) is 15.9. The van der Waals surface area contributed by atoms with Gasteiger partial charge in [0.05, 0.1) is 7.11 Å². The van der Waals surface area contributed by atoms with Crippen LogP contribution in [0.2, 0.25) is 0 Å². The topological polar surface area (TPSA) is 66.8 Å². The van der Waals surface area contributed by atoms with Gasteiger partial charge < -0.3 is 14.9 Å². The van der Waals surface area contributed by atoms with Crippen molar-refractivity contribution < 1.29 is 32.9 Å². The number of halogens is 3. The van der Waals surface area contributed by atoms with Crippen LogP contribution < -0.4 is 4.74 Å². The fraction of sp³-hybridized carbons (Fsp3) is 0.235. The van der Waals surface area contributed by atoms with Gasteiger partial charge in [-0.3, -0.25) is 0 Å². The molecule has 0 aromatic heterocycles. The number of methoxy groups -OCH3 is 1. The van der Waals surface area contributed by atoms with E-state index in [4.69, 9.17) is 19.7 Å². The molecule has 2 rings (SSSR count). The molecule has 2 aromatic carbocycles. The second-order valence-corrected chi connectivity index (χ2v) is 6.24. The van der Waals surface area contributed by atoms with Crippen LogP contribution in [0.4, 0.5) is 13.2 Å². The minimum absolute atomic E-state index is 0.222. The number of carboxylic acids is 1. The van der Waals surface area contributed by atoms with Gasteiger partial charge in [0.1, 0.15) is 11.5 Å².